The van der Waals surface area contributed by atoms with Gasteiger partial charge in [0.05, 0.1) is 11.7 Å². The predicted octanol–water partition coefficient (Wildman–Crippen LogP) is 5.44. The molecule has 0 unspecified atom stereocenters. The highest BCUT2D eigenvalue weighted by atomic mass is 28.4. The van der Waals surface area contributed by atoms with Crippen molar-refractivity contribution in [2.75, 3.05) is 0 Å². The van der Waals surface area contributed by atoms with E-state index in [1.54, 1.807) is 12.1 Å². The highest BCUT2D eigenvalue weighted by Gasteiger charge is 2.43. The van der Waals surface area contributed by atoms with E-state index in [1.807, 2.05) is 24.3 Å². The van der Waals surface area contributed by atoms with E-state index in [-0.39, 0.29) is 29.1 Å². The zero-order chi connectivity index (χ0) is 18.8. The summed E-state index contributed by atoms with van der Waals surface area (Å²) in [6.07, 6.45) is 3.96. The van der Waals surface area contributed by atoms with Crippen molar-refractivity contribution in [1.82, 2.24) is 0 Å². The molecule has 0 amide bonds. The lowest BCUT2D eigenvalue weighted by atomic mass is 9.84. The van der Waals surface area contributed by atoms with E-state index in [9.17, 15) is 4.79 Å². The van der Waals surface area contributed by atoms with E-state index < -0.39 is 8.32 Å². The number of esters is 1. The van der Waals surface area contributed by atoms with Crippen LogP contribution in [0.25, 0.3) is 0 Å². The van der Waals surface area contributed by atoms with Gasteiger partial charge in [0, 0.05) is 5.92 Å². The van der Waals surface area contributed by atoms with Crippen LogP contribution in [-0.4, -0.2) is 26.5 Å². The molecule has 1 aromatic rings. The molecule has 0 N–H and O–H groups in total. The molecule has 1 aliphatic rings. The predicted molar refractivity (Wildman–Crippen MR) is 105 cm³/mol. The molecule has 0 fully saturated rings. The minimum atomic E-state index is -1.88. The highest BCUT2D eigenvalue weighted by molar-refractivity contribution is 6.74. The van der Waals surface area contributed by atoms with Gasteiger partial charge in [-0.05, 0) is 42.3 Å². The first-order chi connectivity index (χ1) is 11.5. The van der Waals surface area contributed by atoms with Gasteiger partial charge in [-0.3, -0.25) is 0 Å². The summed E-state index contributed by atoms with van der Waals surface area (Å²) in [6, 6.07) is 9.16. The van der Waals surface area contributed by atoms with Crippen LogP contribution >= 0.6 is 0 Å². The summed E-state index contributed by atoms with van der Waals surface area (Å²) in [4.78, 5) is 12.4. The van der Waals surface area contributed by atoms with Gasteiger partial charge in [0.25, 0.3) is 0 Å². The zero-order valence-electron chi connectivity index (χ0n) is 16.6. The van der Waals surface area contributed by atoms with Gasteiger partial charge in [-0.1, -0.05) is 58.9 Å². The summed E-state index contributed by atoms with van der Waals surface area (Å²) in [6.45, 7) is 15.6. The minimum absolute atomic E-state index is 0.0689. The van der Waals surface area contributed by atoms with Crippen molar-refractivity contribution in [2.24, 2.45) is 11.8 Å². The van der Waals surface area contributed by atoms with Crippen LogP contribution in [0, 0.1) is 11.8 Å². The molecule has 1 aromatic carbocycles. The number of benzene rings is 1. The molecule has 4 atom stereocenters. The Labute approximate surface area is 153 Å². The van der Waals surface area contributed by atoms with Gasteiger partial charge < -0.3 is 9.16 Å². The summed E-state index contributed by atoms with van der Waals surface area (Å²) < 4.78 is 12.5. The molecule has 0 saturated heterocycles. The molecule has 2 rings (SSSR count). The number of rotatable bonds is 4. The van der Waals surface area contributed by atoms with Crippen molar-refractivity contribution >= 4 is 14.3 Å². The van der Waals surface area contributed by atoms with Crippen LogP contribution in [0.1, 0.15) is 45.0 Å². The molecule has 0 saturated carbocycles. The monoisotopic (exact) mass is 360 g/mol. The van der Waals surface area contributed by atoms with E-state index in [0.717, 1.165) is 0 Å². The van der Waals surface area contributed by atoms with Crippen molar-refractivity contribution in [1.29, 1.82) is 0 Å². The molecule has 25 heavy (non-hydrogen) atoms. The summed E-state index contributed by atoms with van der Waals surface area (Å²) in [7, 11) is -1.88. The van der Waals surface area contributed by atoms with Crippen molar-refractivity contribution in [2.45, 2.75) is 65.0 Å². The molecule has 3 nitrogen and oxygen atoms in total. The molecular weight excluding hydrogens is 328 g/mol. The summed E-state index contributed by atoms with van der Waals surface area (Å²) in [5.41, 5.74) is 0.587. The largest absolute Gasteiger partial charge is 0.454 e. The second-order valence-corrected chi connectivity index (χ2v) is 13.4. The molecule has 138 valence electrons. The van der Waals surface area contributed by atoms with E-state index in [0.29, 0.717) is 11.5 Å². The van der Waals surface area contributed by atoms with E-state index >= 15 is 0 Å². The Morgan fingerprint density at radius 1 is 1.04 bits per heavy atom. The van der Waals surface area contributed by atoms with Crippen LogP contribution in [0.15, 0.2) is 42.5 Å². The first-order valence-corrected chi connectivity index (χ1v) is 12.1. The third-order valence-electron chi connectivity index (χ3n) is 5.65. The fourth-order valence-electron chi connectivity index (χ4n) is 2.88. The highest BCUT2D eigenvalue weighted by Crippen LogP contribution is 2.40. The third-order valence-corrected chi connectivity index (χ3v) is 10.1. The average molecular weight is 361 g/mol. The van der Waals surface area contributed by atoms with E-state index in [2.05, 4.69) is 53.8 Å². The zero-order valence-corrected chi connectivity index (χ0v) is 17.6. The van der Waals surface area contributed by atoms with Crippen molar-refractivity contribution < 1.29 is 14.0 Å². The second-order valence-electron chi connectivity index (χ2n) is 8.68. The van der Waals surface area contributed by atoms with Gasteiger partial charge >= 0.3 is 5.97 Å². The molecule has 0 radical (unpaired) electrons. The Bertz CT molecular complexity index is 616. The van der Waals surface area contributed by atoms with Crippen LogP contribution in [0.2, 0.25) is 18.1 Å². The van der Waals surface area contributed by atoms with Crippen LogP contribution in [0.3, 0.4) is 0 Å². The summed E-state index contributed by atoms with van der Waals surface area (Å²) >= 11 is 0. The minimum Gasteiger partial charge on any atom is -0.454 e. The van der Waals surface area contributed by atoms with Crippen LogP contribution in [0.4, 0.5) is 0 Å². The maximum atomic E-state index is 12.4. The van der Waals surface area contributed by atoms with Gasteiger partial charge in [-0.15, -0.1) is 0 Å². The maximum Gasteiger partial charge on any atom is 0.338 e. The van der Waals surface area contributed by atoms with Gasteiger partial charge in [-0.2, -0.15) is 0 Å². The normalized spacial score (nSPS) is 27.2. The maximum absolute atomic E-state index is 12.4. The fraction of sp³-hybridized carbons (Fsp3) is 0.571. The number of hydrogen-bond donors (Lipinski definition) is 0. The van der Waals surface area contributed by atoms with Crippen LogP contribution in [-0.2, 0) is 9.16 Å². The lowest BCUT2D eigenvalue weighted by molar-refractivity contribution is -0.00809. The van der Waals surface area contributed by atoms with Crippen LogP contribution < -0.4 is 0 Å². The first-order valence-electron chi connectivity index (χ1n) is 9.15. The number of carbonyl (C=O) groups is 1. The van der Waals surface area contributed by atoms with Gasteiger partial charge in [0.15, 0.2) is 8.32 Å². The Morgan fingerprint density at radius 3 is 2.20 bits per heavy atom. The topological polar surface area (TPSA) is 35.5 Å². The van der Waals surface area contributed by atoms with Gasteiger partial charge in [0.1, 0.15) is 6.10 Å². The number of hydrogen-bond acceptors (Lipinski definition) is 3. The summed E-state index contributed by atoms with van der Waals surface area (Å²) in [5.74, 6) is 0.167. The molecule has 1 aliphatic carbocycles. The standard InChI is InChI=1S/C21H32O3Si/c1-15-13-14-18(23-20(22)17-11-9-8-10-12-17)16(2)19(15)24-25(6,7)21(3,4)5/h8-16,18-19H,1-7H3/t15-,16-,18+,19-/m0/s1. The number of ether oxygens (including phenoxy) is 1. The number of carbonyl (C=O) groups excluding carboxylic acids is 1. The Kier molecular flexibility index (Phi) is 5.95. The van der Waals surface area contributed by atoms with E-state index in [4.69, 9.17) is 9.16 Å². The van der Waals surface area contributed by atoms with Crippen molar-refractivity contribution in [3.8, 4) is 0 Å². The quantitative estimate of drug-likeness (QED) is 0.407. The second kappa shape index (κ2) is 7.46. The van der Waals surface area contributed by atoms with Gasteiger partial charge in [-0.25, -0.2) is 4.79 Å². The third kappa shape index (κ3) is 4.62. The lowest BCUT2D eigenvalue weighted by Crippen LogP contribution is -2.50. The van der Waals surface area contributed by atoms with Crippen LogP contribution in [0.5, 0.6) is 0 Å². The smallest absolute Gasteiger partial charge is 0.338 e. The van der Waals surface area contributed by atoms with Crippen molar-refractivity contribution in [3.63, 3.8) is 0 Å². The molecule has 0 aliphatic heterocycles. The molecule has 0 heterocycles. The molecule has 0 bridgehead atoms. The Balaban J connectivity index is 2.12. The summed E-state index contributed by atoms with van der Waals surface area (Å²) in [5, 5.41) is 0.157. The van der Waals surface area contributed by atoms with Crippen molar-refractivity contribution in [3.05, 3.63) is 48.0 Å². The molecular formula is C21H32O3Si. The fourth-order valence-corrected chi connectivity index (χ4v) is 4.34. The molecule has 0 aromatic heterocycles. The molecule has 0 spiro atoms. The molecule has 4 heteroatoms. The SMILES string of the molecule is C[C@@H]1[C@@H](O[Si](C)(C)C(C)(C)C)[C@@H](C)C=C[C@H]1OC(=O)c1ccccc1. The first kappa shape index (κ1) is 19.9. The van der Waals surface area contributed by atoms with Gasteiger partial charge in [0.2, 0.25) is 0 Å². The Morgan fingerprint density at radius 2 is 1.64 bits per heavy atom. The lowest BCUT2D eigenvalue weighted by Gasteiger charge is -2.44. The van der Waals surface area contributed by atoms with E-state index in [1.165, 1.54) is 0 Å². The average Bonchev–Trinajstić information content (AvgIpc) is 2.54. The Hall–Kier alpha value is -1.39.